The molecule has 1 unspecified atom stereocenters. The van der Waals surface area contributed by atoms with Crippen LogP contribution in [0, 0.1) is 3.57 Å². The lowest BCUT2D eigenvalue weighted by molar-refractivity contribution is -0.169. The van der Waals surface area contributed by atoms with Gasteiger partial charge in [-0.05, 0) is 88.8 Å². The minimum Gasteiger partial charge on any atom is -0.458 e. The predicted octanol–water partition coefficient (Wildman–Crippen LogP) is 4.13. The number of urea groups is 1. The summed E-state index contributed by atoms with van der Waals surface area (Å²) in [5.74, 6) is -0.414. The van der Waals surface area contributed by atoms with Crippen LogP contribution >= 0.6 is 22.6 Å². The summed E-state index contributed by atoms with van der Waals surface area (Å²) in [6.07, 6.45) is -0.493. The molecule has 3 rings (SSSR count). The zero-order valence-electron chi connectivity index (χ0n) is 20.9. The second-order valence-electron chi connectivity index (χ2n) is 11.1. The van der Waals surface area contributed by atoms with Crippen LogP contribution in [0.5, 0.6) is 0 Å². The van der Waals surface area contributed by atoms with Gasteiger partial charge in [-0.3, -0.25) is 4.90 Å². The summed E-state index contributed by atoms with van der Waals surface area (Å²) < 4.78 is 13.1. The van der Waals surface area contributed by atoms with Crippen LogP contribution in [0.2, 0.25) is 0 Å². The predicted molar refractivity (Wildman–Crippen MR) is 137 cm³/mol. The minimum atomic E-state index is -0.786. The maximum absolute atomic E-state index is 13.4. The van der Waals surface area contributed by atoms with Gasteiger partial charge in [0.15, 0.2) is 6.04 Å². The second-order valence-corrected chi connectivity index (χ2v) is 12.3. The van der Waals surface area contributed by atoms with Crippen molar-refractivity contribution < 1.29 is 19.1 Å². The topological polar surface area (TPSA) is 62.3 Å². The molecule has 33 heavy (non-hydrogen) atoms. The molecule has 7 nitrogen and oxygen atoms in total. The summed E-state index contributed by atoms with van der Waals surface area (Å²) in [5.41, 5.74) is 0.181. The highest BCUT2D eigenvalue weighted by atomic mass is 127. The van der Waals surface area contributed by atoms with Crippen LogP contribution in [0.25, 0.3) is 0 Å². The summed E-state index contributed by atoms with van der Waals surface area (Å²) in [7, 11) is 0. The average Bonchev–Trinajstić information content (AvgIpc) is 2.96. The molecule has 2 aliphatic rings. The third kappa shape index (κ3) is 7.05. The molecule has 184 valence electrons. The van der Waals surface area contributed by atoms with E-state index < -0.39 is 29.3 Å². The number of hydrogen-bond acceptors (Lipinski definition) is 5. The van der Waals surface area contributed by atoms with Crippen LogP contribution in [0.4, 0.5) is 4.79 Å². The van der Waals surface area contributed by atoms with Gasteiger partial charge in [-0.2, -0.15) is 0 Å². The SMILES string of the molecule is C[C@@H](OC(C)(C)C)[C@@H](C(=O)OC(C)(C)C)N1CC2CN(Cc3ccc(I)cc3)CCN2C1=O. The first-order valence-corrected chi connectivity index (χ1v) is 12.8. The Balaban J connectivity index is 1.75. The van der Waals surface area contributed by atoms with Gasteiger partial charge in [-0.15, -0.1) is 0 Å². The molecule has 2 heterocycles. The van der Waals surface area contributed by atoms with Gasteiger partial charge >= 0.3 is 12.0 Å². The molecule has 2 saturated heterocycles. The summed E-state index contributed by atoms with van der Waals surface area (Å²) in [5, 5.41) is 0. The van der Waals surface area contributed by atoms with E-state index in [9.17, 15) is 9.59 Å². The fourth-order valence-electron chi connectivity index (χ4n) is 4.58. The van der Waals surface area contributed by atoms with Gasteiger partial charge in [0, 0.05) is 36.3 Å². The summed E-state index contributed by atoms with van der Waals surface area (Å²) in [6, 6.07) is 7.71. The van der Waals surface area contributed by atoms with Gasteiger partial charge in [-0.1, -0.05) is 12.1 Å². The molecule has 0 radical (unpaired) electrons. The molecule has 3 atom stereocenters. The lowest BCUT2D eigenvalue weighted by Crippen LogP contribution is -2.54. The Morgan fingerprint density at radius 2 is 1.70 bits per heavy atom. The van der Waals surface area contributed by atoms with Crippen molar-refractivity contribution in [1.82, 2.24) is 14.7 Å². The number of ether oxygens (including phenoxy) is 2. The zero-order chi connectivity index (χ0) is 24.6. The Hall–Kier alpha value is -1.39. The molecule has 2 fully saturated rings. The van der Waals surface area contributed by atoms with E-state index in [2.05, 4.69) is 51.8 Å². The number of piperazine rings is 1. The van der Waals surface area contributed by atoms with Crippen molar-refractivity contribution in [3.63, 3.8) is 0 Å². The highest BCUT2D eigenvalue weighted by Gasteiger charge is 2.48. The largest absolute Gasteiger partial charge is 0.458 e. The van der Waals surface area contributed by atoms with Crippen LogP contribution in [-0.4, -0.2) is 82.3 Å². The molecular weight excluding hydrogens is 533 g/mol. The molecule has 1 aromatic rings. The molecule has 0 spiro atoms. The van der Waals surface area contributed by atoms with Crippen LogP contribution in [0.1, 0.15) is 54.0 Å². The van der Waals surface area contributed by atoms with Gasteiger partial charge in [-0.25, -0.2) is 9.59 Å². The molecule has 2 amide bonds. The first kappa shape index (κ1) is 26.2. The van der Waals surface area contributed by atoms with Crippen LogP contribution in [0.3, 0.4) is 0 Å². The minimum absolute atomic E-state index is 0.0434. The molecular formula is C25H38IN3O4. The Bertz CT molecular complexity index is 847. The van der Waals surface area contributed by atoms with Crippen LogP contribution < -0.4 is 0 Å². The first-order chi connectivity index (χ1) is 15.2. The van der Waals surface area contributed by atoms with Crippen molar-refractivity contribution in [1.29, 1.82) is 0 Å². The fraction of sp³-hybridized carbons (Fsp3) is 0.680. The van der Waals surface area contributed by atoms with E-state index in [1.165, 1.54) is 9.13 Å². The van der Waals surface area contributed by atoms with E-state index in [0.29, 0.717) is 13.1 Å². The van der Waals surface area contributed by atoms with E-state index in [1.807, 2.05) is 53.4 Å². The summed E-state index contributed by atoms with van der Waals surface area (Å²) in [6.45, 7) is 16.8. The lowest BCUT2D eigenvalue weighted by atomic mass is 10.1. The number of amides is 2. The summed E-state index contributed by atoms with van der Waals surface area (Å²) >= 11 is 2.31. The Morgan fingerprint density at radius 1 is 1.06 bits per heavy atom. The van der Waals surface area contributed by atoms with Crippen LogP contribution in [0.15, 0.2) is 24.3 Å². The molecule has 0 bridgehead atoms. The molecule has 0 aliphatic carbocycles. The zero-order valence-corrected chi connectivity index (χ0v) is 23.1. The third-order valence-corrected chi connectivity index (χ3v) is 6.47. The highest BCUT2D eigenvalue weighted by molar-refractivity contribution is 14.1. The van der Waals surface area contributed by atoms with Crippen LogP contribution in [-0.2, 0) is 20.8 Å². The van der Waals surface area contributed by atoms with Crippen molar-refractivity contribution in [2.45, 2.75) is 84.4 Å². The van der Waals surface area contributed by atoms with Crippen molar-refractivity contribution in [2.24, 2.45) is 0 Å². The summed E-state index contributed by atoms with van der Waals surface area (Å²) in [4.78, 5) is 32.6. The first-order valence-electron chi connectivity index (χ1n) is 11.7. The number of carbonyl (C=O) groups excluding carboxylic acids is 2. The van der Waals surface area contributed by atoms with Gasteiger partial charge in [0.1, 0.15) is 5.60 Å². The highest BCUT2D eigenvalue weighted by Crippen LogP contribution is 2.28. The molecule has 0 saturated carbocycles. The Kier molecular flexibility index (Phi) is 8.01. The van der Waals surface area contributed by atoms with E-state index in [4.69, 9.17) is 9.47 Å². The quantitative estimate of drug-likeness (QED) is 0.380. The number of fused-ring (bicyclic) bond motifs is 1. The second kappa shape index (κ2) is 10.1. The van der Waals surface area contributed by atoms with Gasteiger partial charge < -0.3 is 19.3 Å². The smallest absolute Gasteiger partial charge is 0.332 e. The lowest BCUT2D eigenvalue weighted by Gasteiger charge is -2.36. The Morgan fingerprint density at radius 3 is 2.27 bits per heavy atom. The number of carbonyl (C=O) groups is 2. The van der Waals surface area contributed by atoms with Crippen molar-refractivity contribution in [3.05, 3.63) is 33.4 Å². The number of benzene rings is 1. The third-order valence-electron chi connectivity index (χ3n) is 5.75. The van der Waals surface area contributed by atoms with E-state index in [0.717, 1.165) is 19.6 Å². The van der Waals surface area contributed by atoms with Gasteiger partial charge in [0.2, 0.25) is 0 Å². The van der Waals surface area contributed by atoms with Gasteiger partial charge in [0.25, 0.3) is 0 Å². The van der Waals surface area contributed by atoms with E-state index in [1.54, 1.807) is 4.90 Å². The number of halogens is 1. The van der Waals surface area contributed by atoms with Crippen molar-refractivity contribution >= 4 is 34.6 Å². The van der Waals surface area contributed by atoms with E-state index >= 15 is 0 Å². The molecule has 8 heteroatoms. The van der Waals surface area contributed by atoms with Gasteiger partial charge in [0.05, 0.1) is 17.7 Å². The normalized spacial score (nSPS) is 21.7. The molecule has 0 aromatic heterocycles. The standard InChI is InChI=1S/C25H38IN3O4/c1-17(32-24(2,3)4)21(22(30)33-25(5,6)7)29-16-20-15-27(12-13-28(20)23(29)31)14-18-8-10-19(26)11-9-18/h8-11,17,20-21H,12-16H2,1-7H3/t17-,20?,21+/m1/s1. The number of esters is 1. The van der Waals surface area contributed by atoms with E-state index in [-0.39, 0.29) is 12.1 Å². The molecule has 2 aliphatic heterocycles. The molecule has 1 aromatic carbocycles. The number of nitrogens with zero attached hydrogens (tertiary/aromatic N) is 3. The fourth-order valence-corrected chi connectivity index (χ4v) is 4.94. The van der Waals surface area contributed by atoms with Crippen molar-refractivity contribution in [2.75, 3.05) is 26.2 Å². The maximum Gasteiger partial charge on any atom is 0.332 e. The Labute approximate surface area is 211 Å². The van der Waals surface area contributed by atoms with Crippen molar-refractivity contribution in [3.8, 4) is 0 Å². The molecule has 0 N–H and O–H groups in total. The number of rotatable bonds is 6. The maximum atomic E-state index is 13.4. The monoisotopic (exact) mass is 571 g/mol. The average molecular weight is 571 g/mol. The number of hydrogen-bond donors (Lipinski definition) is 0.